The maximum absolute atomic E-state index is 4.50. The highest BCUT2D eigenvalue weighted by Gasteiger charge is 2.52. The van der Waals surface area contributed by atoms with Gasteiger partial charge in [0.15, 0.2) is 0 Å². The molecule has 1 N–H and O–H groups in total. The van der Waals surface area contributed by atoms with Crippen LogP contribution in [0.4, 0.5) is 5.69 Å². The minimum absolute atomic E-state index is 0.172. The average molecular weight is 463 g/mol. The Morgan fingerprint density at radius 2 is 1.57 bits per heavy atom. The van der Waals surface area contributed by atoms with Crippen molar-refractivity contribution in [3.05, 3.63) is 113 Å². The van der Waals surface area contributed by atoms with Crippen molar-refractivity contribution in [2.75, 3.05) is 11.4 Å². The molecule has 2 nitrogen and oxygen atoms in total. The predicted octanol–water partition coefficient (Wildman–Crippen LogP) is 8.22. The molecule has 0 radical (unpaired) electrons. The van der Waals surface area contributed by atoms with Gasteiger partial charge in [0.2, 0.25) is 0 Å². The number of hydrogen-bond acceptors (Lipinski definition) is 2. The number of anilines is 1. The molecule has 3 aromatic carbocycles. The van der Waals surface area contributed by atoms with Crippen molar-refractivity contribution in [1.82, 2.24) is 5.32 Å². The van der Waals surface area contributed by atoms with Crippen LogP contribution in [-0.2, 0) is 12.0 Å². The quantitative estimate of drug-likeness (QED) is 0.363. The number of para-hydroxylation sites is 1. The van der Waals surface area contributed by atoms with Crippen molar-refractivity contribution in [2.45, 2.75) is 64.5 Å². The second-order valence-electron chi connectivity index (χ2n) is 11.0. The Bertz CT molecular complexity index is 1240. The van der Waals surface area contributed by atoms with Crippen LogP contribution in [0.5, 0.6) is 0 Å². The highest BCUT2D eigenvalue weighted by Crippen LogP contribution is 2.58. The first-order chi connectivity index (χ1) is 16.8. The molecule has 180 valence electrons. The Labute approximate surface area is 211 Å². The highest BCUT2D eigenvalue weighted by molar-refractivity contribution is 5.81. The van der Waals surface area contributed by atoms with Gasteiger partial charge in [-0.05, 0) is 60.4 Å². The van der Waals surface area contributed by atoms with Crippen LogP contribution < -0.4 is 10.2 Å². The number of benzene rings is 3. The second kappa shape index (κ2) is 9.07. The van der Waals surface area contributed by atoms with Crippen LogP contribution in [0.3, 0.4) is 0 Å². The zero-order chi connectivity index (χ0) is 24.7. The summed E-state index contributed by atoms with van der Waals surface area (Å²) in [6, 6.07) is 24.9. The lowest BCUT2D eigenvalue weighted by Gasteiger charge is -2.25. The molecule has 5 rings (SSSR count). The summed E-state index contributed by atoms with van der Waals surface area (Å²) in [5.41, 5.74) is 11.8. The number of fused-ring (bicyclic) bond motifs is 2. The molecule has 1 fully saturated rings. The Morgan fingerprint density at radius 3 is 2.17 bits per heavy atom. The van der Waals surface area contributed by atoms with Gasteiger partial charge in [0.1, 0.15) is 0 Å². The molecular formula is C33H38N2. The van der Waals surface area contributed by atoms with E-state index in [0.717, 1.165) is 24.4 Å². The van der Waals surface area contributed by atoms with E-state index >= 15 is 0 Å². The summed E-state index contributed by atoms with van der Waals surface area (Å²) in [6.07, 6.45) is 2.58. The molecule has 0 aromatic heterocycles. The topological polar surface area (TPSA) is 15.3 Å². The van der Waals surface area contributed by atoms with Crippen LogP contribution >= 0.6 is 0 Å². The van der Waals surface area contributed by atoms with Crippen molar-refractivity contribution < 1.29 is 0 Å². The van der Waals surface area contributed by atoms with Gasteiger partial charge in [-0.25, -0.2) is 0 Å². The van der Waals surface area contributed by atoms with Crippen LogP contribution in [-0.4, -0.2) is 6.54 Å². The normalized spacial score (nSPS) is 16.3. The van der Waals surface area contributed by atoms with Crippen molar-refractivity contribution in [3.63, 3.8) is 0 Å². The minimum Gasteiger partial charge on any atom is -0.378 e. The Hall–Kier alpha value is -3.26. The first-order valence-electron chi connectivity index (χ1n) is 13.0. The van der Waals surface area contributed by atoms with E-state index in [4.69, 9.17) is 0 Å². The molecule has 1 unspecified atom stereocenters. The molecule has 35 heavy (non-hydrogen) atoms. The zero-order valence-electron chi connectivity index (χ0n) is 21.7. The Balaban J connectivity index is 1.39. The van der Waals surface area contributed by atoms with E-state index < -0.39 is 0 Å². The number of allylic oxidation sites excluding steroid dienone is 1. The van der Waals surface area contributed by atoms with E-state index in [1.807, 2.05) is 6.92 Å². The van der Waals surface area contributed by atoms with E-state index in [1.165, 1.54) is 51.9 Å². The first-order valence-corrected chi connectivity index (χ1v) is 13.0. The van der Waals surface area contributed by atoms with E-state index in [9.17, 15) is 0 Å². The SMILES string of the molecule is C=C(C)c1ccc(C(C)NC(=C)c2cccc3c2N(Cc2ccc(C(C)C)cc2)CC32CC2)cc1. The van der Waals surface area contributed by atoms with Crippen LogP contribution in [0, 0.1) is 0 Å². The van der Waals surface area contributed by atoms with Gasteiger partial charge in [-0.15, -0.1) is 0 Å². The molecule has 1 aliphatic heterocycles. The lowest BCUT2D eigenvalue weighted by atomic mass is 9.95. The molecule has 1 atom stereocenters. The second-order valence-corrected chi connectivity index (χ2v) is 11.0. The standard InChI is InChI=1S/C33H38N2/c1-22(2)27-12-10-26(11-13-27)20-35-21-33(18-19-33)31-9-7-8-30(32(31)35)25(6)34-24(5)29-16-14-28(15-17-29)23(3)4/h7-17,22,24,34H,3,6,18-21H2,1-2,4-5H3. The molecule has 3 aromatic rings. The lowest BCUT2D eigenvalue weighted by molar-refractivity contribution is 0.693. The third-order valence-electron chi connectivity index (χ3n) is 7.91. The van der Waals surface area contributed by atoms with Gasteiger partial charge < -0.3 is 10.2 Å². The highest BCUT2D eigenvalue weighted by atomic mass is 15.2. The fraction of sp³-hybridized carbons (Fsp3) is 0.333. The molecule has 2 aliphatic rings. The van der Waals surface area contributed by atoms with E-state index in [1.54, 1.807) is 0 Å². The molecular weight excluding hydrogens is 424 g/mol. The number of nitrogens with zero attached hydrogens (tertiary/aromatic N) is 1. The Kier molecular flexibility index (Phi) is 6.09. The third-order valence-corrected chi connectivity index (χ3v) is 7.91. The molecule has 1 heterocycles. The van der Waals surface area contributed by atoms with Gasteiger partial charge in [0, 0.05) is 35.8 Å². The van der Waals surface area contributed by atoms with E-state index in [2.05, 4.69) is 111 Å². The van der Waals surface area contributed by atoms with Gasteiger partial charge >= 0.3 is 0 Å². The van der Waals surface area contributed by atoms with Crippen LogP contribution in [0.15, 0.2) is 79.9 Å². The monoisotopic (exact) mass is 462 g/mol. The largest absolute Gasteiger partial charge is 0.378 e. The summed E-state index contributed by atoms with van der Waals surface area (Å²) in [7, 11) is 0. The summed E-state index contributed by atoms with van der Waals surface area (Å²) in [6.45, 7) is 19.4. The molecule has 0 saturated heterocycles. The number of rotatable bonds is 8. The molecule has 0 amide bonds. The maximum Gasteiger partial charge on any atom is 0.0502 e. The zero-order valence-corrected chi connectivity index (χ0v) is 21.7. The molecule has 1 saturated carbocycles. The lowest BCUT2D eigenvalue weighted by Crippen LogP contribution is -2.25. The predicted molar refractivity (Wildman–Crippen MR) is 151 cm³/mol. The van der Waals surface area contributed by atoms with E-state index in [0.29, 0.717) is 11.3 Å². The minimum atomic E-state index is 0.172. The van der Waals surface area contributed by atoms with Crippen molar-refractivity contribution in [1.29, 1.82) is 0 Å². The van der Waals surface area contributed by atoms with Gasteiger partial charge in [-0.3, -0.25) is 0 Å². The van der Waals surface area contributed by atoms with E-state index in [-0.39, 0.29) is 6.04 Å². The average Bonchev–Trinajstić information content (AvgIpc) is 3.57. The van der Waals surface area contributed by atoms with Crippen LogP contribution in [0.2, 0.25) is 0 Å². The Morgan fingerprint density at radius 1 is 0.914 bits per heavy atom. The van der Waals surface area contributed by atoms with Crippen LogP contribution in [0.1, 0.15) is 85.9 Å². The van der Waals surface area contributed by atoms with Crippen LogP contribution in [0.25, 0.3) is 11.3 Å². The summed E-state index contributed by atoms with van der Waals surface area (Å²) in [4.78, 5) is 2.60. The number of hydrogen-bond donors (Lipinski definition) is 1. The van der Waals surface area contributed by atoms with Gasteiger partial charge in [-0.1, -0.05) is 99.3 Å². The van der Waals surface area contributed by atoms with Crippen molar-refractivity contribution in [3.8, 4) is 0 Å². The maximum atomic E-state index is 4.50. The summed E-state index contributed by atoms with van der Waals surface area (Å²) >= 11 is 0. The fourth-order valence-corrected chi connectivity index (χ4v) is 5.51. The fourth-order valence-electron chi connectivity index (χ4n) is 5.51. The molecule has 1 aliphatic carbocycles. The summed E-state index contributed by atoms with van der Waals surface area (Å²) in [5, 5.41) is 3.70. The third kappa shape index (κ3) is 4.55. The number of nitrogens with one attached hydrogen (secondary N) is 1. The van der Waals surface area contributed by atoms with Crippen molar-refractivity contribution in [2.24, 2.45) is 0 Å². The molecule has 0 bridgehead atoms. The van der Waals surface area contributed by atoms with Gasteiger partial charge in [0.25, 0.3) is 0 Å². The van der Waals surface area contributed by atoms with Crippen molar-refractivity contribution >= 4 is 17.0 Å². The van der Waals surface area contributed by atoms with Gasteiger partial charge in [-0.2, -0.15) is 0 Å². The summed E-state index contributed by atoms with van der Waals surface area (Å²) in [5.74, 6) is 0.561. The first kappa shape index (κ1) is 23.5. The summed E-state index contributed by atoms with van der Waals surface area (Å²) < 4.78 is 0. The smallest absolute Gasteiger partial charge is 0.0502 e. The van der Waals surface area contributed by atoms with Gasteiger partial charge in [0.05, 0.1) is 5.69 Å². The molecule has 1 spiro atoms. The molecule has 2 heteroatoms.